The van der Waals surface area contributed by atoms with Gasteiger partial charge in [-0.3, -0.25) is 0 Å². The Bertz CT molecular complexity index is 217. The Morgan fingerprint density at radius 2 is 1.39 bits per heavy atom. The first-order chi connectivity index (χ1) is 8.43. The molecule has 1 rings (SSSR count). The van der Waals surface area contributed by atoms with Crippen molar-refractivity contribution in [3.8, 4) is 0 Å². The van der Waals surface area contributed by atoms with Gasteiger partial charge >= 0.3 is 0 Å². The van der Waals surface area contributed by atoms with E-state index >= 15 is 0 Å². The summed E-state index contributed by atoms with van der Waals surface area (Å²) < 4.78 is 26.2. The molecule has 108 valence electrons. The molecule has 0 radical (unpaired) electrons. The van der Waals surface area contributed by atoms with Crippen LogP contribution < -0.4 is 0 Å². The predicted octanol–water partition coefficient (Wildman–Crippen LogP) is 6.20. The first-order valence-electron chi connectivity index (χ1n) is 7.81. The van der Waals surface area contributed by atoms with Gasteiger partial charge in [-0.2, -0.15) is 0 Å². The molecule has 0 amide bonds. The van der Waals surface area contributed by atoms with E-state index in [0.717, 1.165) is 12.8 Å². The van der Waals surface area contributed by atoms with Gasteiger partial charge in [0.25, 0.3) is 0 Å². The topological polar surface area (TPSA) is 0 Å². The first-order valence-corrected chi connectivity index (χ1v) is 7.81. The molecule has 18 heavy (non-hydrogen) atoms. The quantitative estimate of drug-likeness (QED) is 0.433. The Hall–Kier alpha value is -0.140. The number of halogens is 2. The van der Waals surface area contributed by atoms with E-state index in [1.165, 1.54) is 38.5 Å². The second-order valence-electron chi connectivity index (χ2n) is 6.53. The summed E-state index contributed by atoms with van der Waals surface area (Å²) in [5.74, 6) is -2.09. The molecule has 0 aromatic carbocycles. The minimum Gasteiger partial charge on any atom is -0.207 e. The lowest BCUT2D eigenvalue weighted by molar-refractivity contribution is -0.148. The first kappa shape index (κ1) is 15.9. The minimum absolute atomic E-state index is 0.141. The van der Waals surface area contributed by atoms with E-state index in [1.807, 2.05) is 0 Å². The third-order valence-electron chi connectivity index (χ3n) is 4.78. The van der Waals surface area contributed by atoms with Crippen LogP contribution in [0.3, 0.4) is 0 Å². The van der Waals surface area contributed by atoms with E-state index in [9.17, 15) is 8.78 Å². The molecule has 0 bridgehead atoms. The third kappa shape index (κ3) is 4.51. The van der Waals surface area contributed by atoms with Crippen molar-refractivity contribution in [1.82, 2.24) is 0 Å². The summed E-state index contributed by atoms with van der Waals surface area (Å²) in [6, 6.07) is 0. The molecule has 1 fully saturated rings. The molecule has 0 aliphatic heterocycles. The van der Waals surface area contributed by atoms with Crippen LogP contribution in [0.5, 0.6) is 0 Å². The summed E-state index contributed by atoms with van der Waals surface area (Å²) in [7, 11) is 0. The normalized spacial score (nSPS) is 19.8. The molecule has 2 heteroatoms. The molecule has 0 nitrogen and oxygen atoms in total. The van der Waals surface area contributed by atoms with Crippen molar-refractivity contribution in [2.24, 2.45) is 11.3 Å². The highest BCUT2D eigenvalue weighted by Crippen LogP contribution is 2.54. The van der Waals surface area contributed by atoms with Crippen LogP contribution in [0.2, 0.25) is 0 Å². The lowest BCUT2D eigenvalue weighted by Crippen LogP contribution is -2.44. The summed E-state index contributed by atoms with van der Waals surface area (Å²) in [5.41, 5.74) is 0.173. The van der Waals surface area contributed by atoms with Crippen LogP contribution in [0.15, 0.2) is 0 Å². The van der Waals surface area contributed by atoms with Gasteiger partial charge in [0.2, 0.25) is 5.92 Å². The highest BCUT2D eigenvalue weighted by Gasteiger charge is 2.52. The molecule has 0 aromatic rings. The van der Waals surface area contributed by atoms with E-state index < -0.39 is 5.92 Å². The standard InChI is InChI=1S/C16H30F2/c1-4-6-8-10-15(3,11-9-7-5-2)14-12-16(17,18)13-14/h14H,4-13H2,1-3H3. The van der Waals surface area contributed by atoms with Crippen molar-refractivity contribution in [1.29, 1.82) is 0 Å². The van der Waals surface area contributed by atoms with Crippen molar-refractivity contribution in [2.75, 3.05) is 0 Å². The second kappa shape index (κ2) is 6.86. The molecule has 1 aliphatic rings. The van der Waals surface area contributed by atoms with Gasteiger partial charge in [0.1, 0.15) is 0 Å². The van der Waals surface area contributed by atoms with E-state index in [1.54, 1.807) is 0 Å². The predicted molar refractivity (Wildman–Crippen MR) is 74.1 cm³/mol. The van der Waals surface area contributed by atoms with Gasteiger partial charge in [-0.1, -0.05) is 59.3 Å². The average molecular weight is 260 g/mol. The lowest BCUT2D eigenvalue weighted by Gasteiger charge is -2.47. The van der Waals surface area contributed by atoms with E-state index in [4.69, 9.17) is 0 Å². The summed E-state index contributed by atoms with van der Waals surface area (Å²) >= 11 is 0. The largest absolute Gasteiger partial charge is 0.248 e. The summed E-state index contributed by atoms with van der Waals surface area (Å²) in [5, 5.41) is 0. The van der Waals surface area contributed by atoms with Gasteiger partial charge in [0, 0.05) is 12.8 Å². The zero-order chi connectivity index (χ0) is 13.6. The van der Waals surface area contributed by atoms with Gasteiger partial charge in [-0.05, 0) is 24.2 Å². The lowest BCUT2D eigenvalue weighted by atomic mass is 9.60. The highest BCUT2D eigenvalue weighted by atomic mass is 19.3. The molecule has 0 spiro atoms. The van der Waals surface area contributed by atoms with Crippen molar-refractivity contribution < 1.29 is 8.78 Å². The Kier molecular flexibility index (Phi) is 6.07. The van der Waals surface area contributed by atoms with Gasteiger partial charge in [0.15, 0.2) is 0 Å². The Labute approximate surface area is 112 Å². The molecule has 0 aromatic heterocycles. The Balaban J connectivity index is 2.45. The fraction of sp³-hybridized carbons (Fsp3) is 1.00. The van der Waals surface area contributed by atoms with Crippen molar-refractivity contribution in [2.45, 2.75) is 90.9 Å². The minimum atomic E-state index is -2.36. The number of hydrogen-bond acceptors (Lipinski definition) is 0. The molecule has 0 saturated heterocycles. The molecular weight excluding hydrogens is 230 g/mol. The average Bonchev–Trinajstić information content (AvgIpc) is 2.26. The SMILES string of the molecule is CCCCCC(C)(CCCCC)C1CC(F)(F)C1. The fourth-order valence-electron chi connectivity index (χ4n) is 3.24. The number of unbranched alkanes of at least 4 members (excludes halogenated alkanes) is 4. The van der Waals surface area contributed by atoms with Crippen molar-refractivity contribution in [3.63, 3.8) is 0 Å². The third-order valence-corrected chi connectivity index (χ3v) is 4.78. The summed E-state index contributed by atoms with van der Waals surface area (Å²) in [6.07, 6.45) is 9.90. The Morgan fingerprint density at radius 3 is 1.72 bits per heavy atom. The fourth-order valence-corrected chi connectivity index (χ4v) is 3.24. The smallest absolute Gasteiger partial charge is 0.207 e. The monoisotopic (exact) mass is 260 g/mol. The zero-order valence-electron chi connectivity index (χ0n) is 12.4. The van der Waals surface area contributed by atoms with Crippen molar-refractivity contribution >= 4 is 0 Å². The number of alkyl halides is 2. The van der Waals surface area contributed by atoms with E-state index in [0.29, 0.717) is 0 Å². The van der Waals surface area contributed by atoms with Gasteiger partial charge in [-0.15, -0.1) is 0 Å². The van der Waals surface area contributed by atoms with Crippen LogP contribution in [-0.4, -0.2) is 5.92 Å². The van der Waals surface area contributed by atoms with Crippen LogP contribution >= 0.6 is 0 Å². The molecule has 0 atom stereocenters. The Morgan fingerprint density at radius 1 is 0.944 bits per heavy atom. The van der Waals surface area contributed by atoms with Crippen LogP contribution in [-0.2, 0) is 0 Å². The summed E-state index contributed by atoms with van der Waals surface area (Å²) in [4.78, 5) is 0. The van der Waals surface area contributed by atoms with E-state index in [-0.39, 0.29) is 24.2 Å². The maximum Gasteiger partial charge on any atom is 0.248 e. The van der Waals surface area contributed by atoms with Crippen LogP contribution in [0.4, 0.5) is 8.78 Å². The van der Waals surface area contributed by atoms with Crippen LogP contribution in [0.25, 0.3) is 0 Å². The van der Waals surface area contributed by atoms with Gasteiger partial charge < -0.3 is 0 Å². The molecule has 1 saturated carbocycles. The maximum absolute atomic E-state index is 13.1. The molecule has 0 heterocycles. The molecule has 0 N–H and O–H groups in total. The highest BCUT2D eigenvalue weighted by molar-refractivity contribution is 4.96. The molecule has 0 unspecified atom stereocenters. The second-order valence-corrected chi connectivity index (χ2v) is 6.53. The maximum atomic E-state index is 13.1. The summed E-state index contributed by atoms with van der Waals surface area (Å²) in [6.45, 7) is 6.66. The molecule has 1 aliphatic carbocycles. The number of hydrogen-bond donors (Lipinski definition) is 0. The van der Waals surface area contributed by atoms with E-state index in [2.05, 4.69) is 20.8 Å². The zero-order valence-corrected chi connectivity index (χ0v) is 12.4. The van der Waals surface area contributed by atoms with Crippen LogP contribution in [0.1, 0.15) is 85.0 Å². The molecular formula is C16H30F2. The van der Waals surface area contributed by atoms with Gasteiger partial charge in [0.05, 0.1) is 0 Å². The van der Waals surface area contributed by atoms with Crippen LogP contribution in [0, 0.1) is 11.3 Å². The number of rotatable bonds is 9. The van der Waals surface area contributed by atoms with Gasteiger partial charge in [-0.25, -0.2) is 8.78 Å². The van der Waals surface area contributed by atoms with Crippen molar-refractivity contribution in [3.05, 3.63) is 0 Å².